The van der Waals surface area contributed by atoms with Crippen molar-refractivity contribution in [2.24, 2.45) is 5.73 Å². The van der Waals surface area contributed by atoms with Gasteiger partial charge in [0.05, 0.1) is 10.8 Å². The van der Waals surface area contributed by atoms with E-state index in [2.05, 4.69) is 10.1 Å². The molecule has 0 bridgehead atoms. The van der Waals surface area contributed by atoms with Crippen molar-refractivity contribution in [2.45, 2.75) is 31.2 Å². The van der Waals surface area contributed by atoms with E-state index < -0.39 is 4.92 Å². The van der Waals surface area contributed by atoms with Crippen molar-refractivity contribution in [3.63, 3.8) is 0 Å². The topological polar surface area (TPSA) is 108 Å². The first-order chi connectivity index (χ1) is 9.66. The Morgan fingerprint density at radius 1 is 1.35 bits per heavy atom. The zero-order valence-electron chi connectivity index (χ0n) is 10.7. The lowest BCUT2D eigenvalue weighted by Crippen LogP contribution is -2.22. The van der Waals surface area contributed by atoms with Gasteiger partial charge in [-0.15, -0.1) is 0 Å². The Labute approximate surface area is 114 Å². The van der Waals surface area contributed by atoms with Crippen LogP contribution >= 0.6 is 0 Å². The standard InChI is InChI=1S/C13H14N4O3/c14-10-6-3-5-8(10)13-15-12(16-20-13)9-4-1-2-7-11(9)17(18)19/h1-2,4,7-8,10H,3,5-6,14H2. The van der Waals surface area contributed by atoms with Crippen molar-refractivity contribution in [1.29, 1.82) is 0 Å². The van der Waals surface area contributed by atoms with Crippen molar-refractivity contribution < 1.29 is 9.45 Å². The first kappa shape index (κ1) is 12.7. The highest BCUT2D eigenvalue weighted by Crippen LogP contribution is 2.34. The van der Waals surface area contributed by atoms with Crippen LogP contribution in [0.1, 0.15) is 31.1 Å². The maximum atomic E-state index is 11.0. The predicted octanol–water partition coefficient (Wildman–Crippen LogP) is 2.24. The van der Waals surface area contributed by atoms with Gasteiger partial charge >= 0.3 is 0 Å². The summed E-state index contributed by atoms with van der Waals surface area (Å²) in [5, 5.41) is 14.9. The molecule has 3 rings (SSSR count). The van der Waals surface area contributed by atoms with Gasteiger partial charge in [-0.3, -0.25) is 10.1 Å². The molecule has 20 heavy (non-hydrogen) atoms. The van der Waals surface area contributed by atoms with E-state index in [9.17, 15) is 10.1 Å². The van der Waals surface area contributed by atoms with Gasteiger partial charge in [0.25, 0.3) is 5.69 Å². The molecule has 1 heterocycles. The molecule has 0 spiro atoms. The zero-order valence-corrected chi connectivity index (χ0v) is 10.7. The number of nitro benzene ring substituents is 1. The van der Waals surface area contributed by atoms with Crippen LogP contribution in [0.4, 0.5) is 5.69 Å². The molecule has 1 aliphatic rings. The first-order valence-electron chi connectivity index (χ1n) is 6.50. The predicted molar refractivity (Wildman–Crippen MR) is 71.0 cm³/mol. The van der Waals surface area contributed by atoms with Gasteiger partial charge in [0, 0.05) is 12.1 Å². The molecule has 2 unspecified atom stereocenters. The summed E-state index contributed by atoms with van der Waals surface area (Å²) >= 11 is 0. The number of nitro groups is 1. The molecule has 7 heteroatoms. The Kier molecular flexibility index (Phi) is 3.19. The molecule has 2 aromatic rings. The molecule has 0 aliphatic heterocycles. The molecule has 1 fully saturated rings. The van der Waals surface area contributed by atoms with E-state index in [1.165, 1.54) is 6.07 Å². The maximum Gasteiger partial charge on any atom is 0.280 e. The maximum absolute atomic E-state index is 11.0. The molecule has 7 nitrogen and oxygen atoms in total. The summed E-state index contributed by atoms with van der Waals surface area (Å²) in [6.45, 7) is 0. The van der Waals surface area contributed by atoms with Crippen LogP contribution in [-0.2, 0) is 0 Å². The Bertz CT molecular complexity index is 640. The summed E-state index contributed by atoms with van der Waals surface area (Å²) < 4.78 is 5.24. The molecule has 0 saturated heterocycles. The molecule has 2 N–H and O–H groups in total. The van der Waals surface area contributed by atoms with Crippen molar-refractivity contribution in [3.8, 4) is 11.4 Å². The molecule has 104 valence electrons. The van der Waals surface area contributed by atoms with Crippen LogP contribution in [0.25, 0.3) is 11.4 Å². The summed E-state index contributed by atoms with van der Waals surface area (Å²) in [5.74, 6) is 0.772. The van der Waals surface area contributed by atoms with E-state index in [0.29, 0.717) is 11.5 Å². The minimum Gasteiger partial charge on any atom is -0.339 e. The number of hydrogen-bond acceptors (Lipinski definition) is 6. The van der Waals surface area contributed by atoms with E-state index in [-0.39, 0.29) is 23.5 Å². The number of nitrogens with zero attached hydrogens (tertiary/aromatic N) is 3. The third kappa shape index (κ3) is 2.16. The third-order valence-corrected chi connectivity index (χ3v) is 3.67. The lowest BCUT2D eigenvalue weighted by atomic mass is 10.0. The highest BCUT2D eigenvalue weighted by atomic mass is 16.6. The minimum atomic E-state index is -0.452. The molecular formula is C13H14N4O3. The molecule has 2 atom stereocenters. The fourth-order valence-electron chi connectivity index (χ4n) is 2.61. The SMILES string of the molecule is NC1CCCC1c1nc(-c2ccccc2[N+](=O)[O-])no1. The smallest absolute Gasteiger partial charge is 0.280 e. The highest BCUT2D eigenvalue weighted by molar-refractivity contribution is 5.67. The number of benzene rings is 1. The van der Waals surface area contributed by atoms with Crippen molar-refractivity contribution >= 4 is 5.69 Å². The Hall–Kier alpha value is -2.28. The van der Waals surface area contributed by atoms with Crippen LogP contribution < -0.4 is 5.73 Å². The van der Waals surface area contributed by atoms with Crippen LogP contribution in [0.5, 0.6) is 0 Å². The van der Waals surface area contributed by atoms with Crippen LogP contribution in [-0.4, -0.2) is 21.1 Å². The van der Waals surface area contributed by atoms with E-state index in [1.54, 1.807) is 18.2 Å². The van der Waals surface area contributed by atoms with Crippen LogP contribution in [0.3, 0.4) is 0 Å². The Balaban J connectivity index is 1.96. The van der Waals surface area contributed by atoms with Crippen molar-refractivity contribution in [1.82, 2.24) is 10.1 Å². The normalized spacial score (nSPS) is 22.1. The van der Waals surface area contributed by atoms with E-state index in [1.807, 2.05) is 0 Å². The lowest BCUT2D eigenvalue weighted by molar-refractivity contribution is -0.384. The van der Waals surface area contributed by atoms with Gasteiger partial charge in [0.2, 0.25) is 11.7 Å². The number of para-hydroxylation sites is 1. The second-order valence-electron chi connectivity index (χ2n) is 4.93. The molecule has 1 aliphatic carbocycles. The second kappa shape index (κ2) is 5.01. The molecular weight excluding hydrogens is 260 g/mol. The van der Waals surface area contributed by atoms with Crippen molar-refractivity contribution in [2.75, 3.05) is 0 Å². The van der Waals surface area contributed by atoms with E-state index in [4.69, 9.17) is 10.3 Å². The summed E-state index contributed by atoms with van der Waals surface area (Å²) in [5.41, 5.74) is 6.33. The molecule has 1 aromatic heterocycles. The molecule has 1 saturated carbocycles. The number of aromatic nitrogens is 2. The fraction of sp³-hybridized carbons (Fsp3) is 0.385. The molecule has 0 amide bonds. The van der Waals surface area contributed by atoms with Gasteiger partial charge in [-0.2, -0.15) is 4.98 Å². The second-order valence-corrected chi connectivity index (χ2v) is 4.93. The van der Waals surface area contributed by atoms with Gasteiger partial charge in [0.15, 0.2) is 0 Å². The largest absolute Gasteiger partial charge is 0.339 e. The van der Waals surface area contributed by atoms with E-state index in [0.717, 1.165) is 19.3 Å². The van der Waals surface area contributed by atoms with Crippen LogP contribution in [0, 0.1) is 10.1 Å². The number of hydrogen-bond donors (Lipinski definition) is 1. The lowest BCUT2D eigenvalue weighted by Gasteiger charge is -2.08. The zero-order chi connectivity index (χ0) is 14.1. The molecule has 0 radical (unpaired) electrons. The van der Waals surface area contributed by atoms with Gasteiger partial charge in [-0.25, -0.2) is 0 Å². The minimum absolute atomic E-state index is 0.0223. The average molecular weight is 274 g/mol. The van der Waals surface area contributed by atoms with Crippen molar-refractivity contribution in [3.05, 3.63) is 40.3 Å². The number of rotatable bonds is 3. The summed E-state index contributed by atoms with van der Waals surface area (Å²) in [6.07, 6.45) is 2.89. The third-order valence-electron chi connectivity index (χ3n) is 3.67. The van der Waals surface area contributed by atoms with Crippen LogP contribution in [0.15, 0.2) is 28.8 Å². The number of nitrogens with two attached hydrogens (primary N) is 1. The quantitative estimate of drug-likeness (QED) is 0.679. The Morgan fingerprint density at radius 2 is 2.15 bits per heavy atom. The van der Waals surface area contributed by atoms with Gasteiger partial charge in [-0.05, 0) is 18.9 Å². The first-order valence-corrected chi connectivity index (χ1v) is 6.50. The Morgan fingerprint density at radius 3 is 2.85 bits per heavy atom. The highest BCUT2D eigenvalue weighted by Gasteiger charge is 2.31. The van der Waals surface area contributed by atoms with E-state index >= 15 is 0 Å². The van der Waals surface area contributed by atoms with Crippen LogP contribution in [0.2, 0.25) is 0 Å². The van der Waals surface area contributed by atoms with Gasteiger partial charge in [0.1, 0.15) is 5.56 Å². The fourth-order valence-corrected chi connectivity index (χ4v) is 2.61. The monoisotopic (exact) mass is 274 g/mol. The van der Waals surface area contributed by atoms with Gasteiger partial charge in [-0.1, -0.05) is 23.7 Å². The molecule has 1 aromatic carbocycles. The summed E-state index contributed by atoms with van der Waals surface area (Å²) in [6, 6.07) is 6.37. The summed E-state index contributed by atoms with van der Waals surface area (Å²) in [7, 11) is 0. The average Bonchev–Trinajstić information content (AvgIpc) is 3.07. The summed E-state index contributed by atoms with van der Waals surface area (Å²) in [4.78, 5) is 14.9. The van der Waals surface area contributed by atoms with Gasteiger partial charge < -0.3 is 10.3 Å².